The van der Waals surface area contributed by atoms with E-state index in [2.05, 4.69) is 15.6 Å². The first kappa shape index (κ1) is 25.6. The van der Waals surface area contributed by atoms with Gasteiger partial charge in [-0.3, -0.25) is 14.4 Å². The second-order valence-corrected chi connectivity index (χ2v) is 11.0. The van der Waals surface area contributed by atoms with Crippen molar-refractivity contribution in [3.8, 4) is 0 Å². The van der Waals surface area contributed by atoms with Crippen molar-refractivity contribution in [2.45, 2.75) is 71.0 Å². The molecule has 1 aromatic heterocycles. The normalized spacial score (nSPS) is 33.3. The Bertz CT molecular complexity index is 1230. The fourth-order valence-corrected chi connectivity index (χ4v) is 6.83. The minimum atomic E-state index is -1.21. The lowest BCUT2D eigenvalue weighted by atomic mass is 9.62. The van der Waals surface area contributed by atoms with E-state index in [0.717, 1.165) is 5.52 Å². The molecule has 3 unspecified atom stereocenters. The average Bonchev–Trinajstić information content (AvgIpc) is 3.52. The van der Waals surface area contributed by atoms with E-state index in [-0.39, 0.29) is 37.6 Å². The van der Waals surface area contributed by atoms with Crippen molar-refractivity contribution < 1.29 is 29.0 Å². The van der Waals surface area contributed by atoms with E-state index in [4.69, 9.17) is 9.47 Å². The van der Waals surface area contributed by atoms with E-state index in [1.807, 2.05) is 52.0 Å². The molecule has 0 aliphatic carbocycles. The van der Waals surface area contributed by atoms with Gasteiger partial charge in [-0.2, -0.15) is 0 Å². The predicted molar refractivity (Wildman–Crippen MR) is 132 cm³/mol. The SMILES string of the molecule is CCOC(=O)[C@H]1[C@H]2C(=O)N([C@@H](CO)C(C)C)C(C(=O)NCn3nnc4ccccc43)C23CC(C)[C@]1(C)O3. The molecule has 2 bridgehead atoms. The number of aliphatic hydroxyl groups is 1. The Morgan fingerprint density at radius 3 is 2.73 bits per heavy atom. The summed E-state index contributed by atoms with van der Waals surface area (Å²) >= 11 is 0. The van der Waals surface area contributed by atoms with Crippen molar-refractivity contribution in [1.82, 2.24) is 25.2 Å². The molecule has 3 saturated heterocycles. The Labute approximate surface area is 215 Å². The number of nitrogens with zero attached hydrogens (tertiary/aromatic N) is 4. The molecule has 3 aliphatic heterocycles. The first-order valence-corrected chi connectivity index (χ1v) is 13.0. The second-order valence-electron chi connectivity index (χ2n) is 11.0. The molecule has 4 heterocycles. The molecule has 37 heavy (non-hydrogen) atoms. The summed E-state index contributed by atoms with van der Waals surface area (Å²) in [6.45, 7) is 9.22. The van der Waals surface area contributed by atoms with Gasteiger partial charge < -0.3 is 24.8 Å². The number of hydrogen-bond donors (Lipinski definition) is 2. The van der Waals surface area contributed by atoms with Crippen LogP contribution in [0.1, 0.15) is 41.0 Å². The van der Waals surface area contributed by atoms with Gasteiger partial charge in [0.05, 0.1) is 36.3 Å². The van der Waals surface area contributed by atoms with E-state index in [0.29, 0.717) is 11.9 Å². The highest BCUT2D eigenvalue weighted by Gasteiger charge is 2.80. The zero-order valence-corrected chi connectivity index (χ0v) is 21.9. The number of benzene rings is 1. The van der Waals surface area contributed by atoms with Gasteiger partial charge in [0.15, 0.2) is 0 Å². The summed E-state index contributed by atoms with van der Waals surface area (Å²) in [5.41, 5.74) is -0.689. The molecule has 3 aliphatic rings. The molecule has 2 N–H and O–H groups in total. The molecule has 5 rings (SSSR count). The number of aromatic nitrogens is 3. The third kappa shape index (κ3) is 3.58. The van der Waals surface area contributed by atoms with Crippen molar-refractivity contribution >= 4 is 28.8 Å². The van der Waals surface area contributed by atoms with E-state index >= 15 is 0 Å². The summed E-state index contributed by atoms with van der Waals surface area (Å²) in [5.74, 6) is -3.20. The van der Waals surface area contributed by atoms with Crippen LogP contribution in [0, 0.1) is 23.7 Å². The Kier molecular flexibility index (Phi) is 6.26. The van der Waals surface area contributed by atoms with Gasteiger partial charge in [-0.15, -0.1) is 5.10 Å². The quantitative estimate of drug-likeness (QED) is 0.501. The molecule has 1 spiro atoms. The number of carbonyl (C=O) groups is 3. The molecule has 11 nitrogen and oxygen atoms in total. The highest BCUT2D eigenvalue weighted by Crippen LogP contribution is 2.65. The molecule has 200 valence electrons. The number of ether oxygens (including phenoxy) is 2. The van der Waals surface area contributed by atoms with Crippen LogP contribution in [-0.2, 0) is 30.5 Å². The molecule has 0 radical (unpaired) electrons. The minimum absolute atomic E-state index is 0.0399. The topological polar surface area (TPSA) is 136 Å². The first-order chi connectivity index (χ1) is 17.6. The summed E-state index contributed by atoms with van der Waals surface area (Å²) < 4.78 is 13.6. The lowest BCUT2D eigenvalue weighted by Gasteiger charge is -2.38. The maximum Gasteiger partial charge on any atom is 0.312 e. The Morgan fingerprint density at radius 2 is 2.05 bits per heavy atom. The van der Waals surface area contributed by atoms with Crippen LogP contribution in [-0.4, -0.2) is 79.3 Å². The van der Waals surface area contributed by atoms with Crippen molar-refractivity contribution in [3.63, 3.8) is 0 Å². The van der Waals surface area contributed by atoms with Gasteiger partial charge in [0.1, 0.15) is 29.7 Å². The average molecular weight is 514 g/mol. The van der Waals surface area contributed by atoms with Crippen LogP contribution >= 0.6 is 0 Å². The molecular weight excluding hydrogens is 478 g/mol. The van der Waals surface area contributed by atoms with E-state index in [9.17, 15) is 19.5 Å². The third-order valence-corrected chi connectivity index (χ3v) is 8.68. The second kappa shape index (κ2) is 9.05. The van der Waals surface area contributed by atoms with Crippen LogP contribution < -0.4 is 5.32 Å². The third-order valence-electron chi connectivity index (χ3n) is 8.68. The zero-order valence-electron chi connectivity index (χ0n) is 21.9. The molecule has 7 atom stereocenters. The van der Waals surface area contributed by atoms with Crippen molar-refractivity contribution in [3.05, 3.63) is 24.3 Å². The van der Waals surface area contributed by atoms with E-state index in [1.54, 1.807) is 11.6 Å². The number of hydrogen-bond acceptors (Lipinski definition) is 8. The number of esters is 1. The predicted octanol–water partition coefficient (Wildman–Crippen LogP) is 1.10. The fraction of sp³-hybridized carbons (Fsp3) is 0.654. The van der Waals surface area contributed by atoms with Crippen LogP contribution in [0.25, 0.3) is 11.0 Å². The summed E-state index contributed by atoms with van der Waals surface area (Å²) in [6, 6.07) is 5.77. The standard InChI is InChI=1S/C26H35N5O6/c1-6-36-24(35)20-19-23(34)31(18(12-32)14(2)3)21(26(19)11-15(4)25(20,5)37-26)22(33)27-13-30-17-10-8-7-9-16(17)28-29-30/h7-10,14-15,18-21,32H,6,11-13H2,1-5H3,(H,27,33)/t15?,18-,19-,20+,21?,25-,26?/m0/s1. The smallest absolute Gasteiger partial charge is 0.312 e. The summed E-state index contributed by atoms with van der Waals surface area (Å²) in [5, 5.41) is 21.5. The monoisotopic (exact) mass is 513 g/mol. The number of aliphatic hydroxyl groups excluding tert-OH is 1. The van der Waals surface area contributed by atoms with Crippen LogP contribution in [0.3, 0.4) is 0 Å². The van der Waals surface area contributed by atoms with Crippen molar-refractivity contribution in [2.24, 2.45) is 23.7 Å². The maximum absolute atomic E-state index is 14.1. The van der Waals surface area contributed by atoms with Crippen molar-refractivity contribution in [1.29, 1.82) is 0 Å². The van der Waals surface area contributed by atoms with Gasteiger partial charge in [0.25, 0.3) is 0 Å². The highest BCUT2D eigenvalue weighted by atomic mass is 16.6. The van der Waals surface area contributed by atoms with Crippen molar-refractivity contribution in [2.75, 3.05) is 13.2 Å². The first-order valence-electron chi connectivity index (χ1n) is 13.0. The van der Waals surface area contributed by atoms with Gasteiger partial charge >= 0.3 is 5.97 Å². The highest BCUT2D eigenvalue weighted by molar-refractivity contribution is 5.98. The molecule has 1 aromatic carbocycles. The zero-order chi connectivity index (χ0) is 26.7. The summed E-state index contributed by atoms with van der Waals surface area (Å²) in [6.07, 6.45) is 0.437. The largest absolute Gasteiger partial charge is 0.466 e. The fourth-order valence-electron chi connectivity index (χ4n) is 6.83. The minimum Gasteiger partial charge on any atom is -0.466 e. The van der Waals surface area contributed by atoms with Crippen LogP contribution in [0.5, 0.6) is 0 Å². The van der Waals surface area contributed by atoms with E-state index in [1.165, 1.54) is 4.90 Å². The number of nitrogens with one attached hydrogen (secondary N) is 1. The van der Waals surface area contributed by atoms with Crippen LogP contribution in [0.15, 0.2) is 24.3 Å². The number of para-hydroxylation sites is 1. The van der Waals surface area contributed by atoms with Gasteiger partial charge in [0.2, 0.25) is 11.8 Å². The van der Waals surface area contributed by atoms with Gasteiger partial charge in [-0.05, 0) is 44.2 Å². The van der Waals surface area contributed by atoms with Gasteiger partial charge in [-0.25, -0.2) is 4.68 Å². The lowest BCUT2D eigenvalue weighted by molar-refractivity contribution is -0.162. The number of likely N-dealkylation sites (tertiary alicyclic amines) is 1. The molecule has 2 amide bonds. The maximum atomic E-state index is 14.1. The number of fused-ring (bicyclic) bond motifs is 2. The molecular formula is C26H35N5O6. The van der Waals surface area contributed by atoms with Gasteiger partial charge in [0, 0.05) is 0 Å². The van der Waals surface area contributed by atoms with Crippen LogP contribution in [0.4, 0.5) is 0 Å². The number of carbonyl (C=O) groups excluding carboxylic acids is 3. The number of rotatable bonds is 8. The summed E-state index contributed by atoms with van der Waals surface area (Å²) in [4.78, 5) is 42.7. The number of amides is 2. The van der Waals surface area contributed by atoms with Gasteiger partial charge in [-0.1, -0.05) is 38.1 Å². The Hall–Kier alpha value is -3.05. The Balaban J connectivity index is 1.54. The molecule has 2 aromatic rings. The van der Waals surface area contributed by atoms with Crippen LogP contribution in [0.2, 0.25) is 0 Å². The molecule has 0 saturated carbocycles. The molecule has 3 fully saturated rings. The summed E-state index contributed by atoms with van der Waals surface area (Å²) in [7, 11) is 0. The molecule has 11 heteroatoms. The Morgan fingerprint density at radius 1 is 1.32 bits per heavy atom. The van der Waals surface area contributed by atoms with E-state index < -0.39 is 47.0 Å². The lowest BCUT2D eigenvalue weighted by Crippen LogP contribution is -2.59.